The van der Waals surface area contributed by atoms with E-state index in [1.54, 1.807) is 0 Å². The molecule has 1 aromatic carbocycles. The van der Waals surface area contributed by atoms with Crippen molar-refractivity contribution in [2.24, 2.45) is 5.73 Å². The summed E-state index contributed by atoms with van der Waals surface area (Å²) in [5, 5.41) is -0.127. The Morgan fingerprint density at radius 1 is 1.43 bits per heavy atom. The first kappa shape index (κ1) is 19.1. The van der Waals surface area contributed by atoms with Crippen LogP contribution in [-0.2, 0) is 10.0 Å². The highest BCUT2D eigenvalue weighted by Crippen LogP contribution is 2.35. The molecule has 4 nitrogen and oxygen atoms in total. The number of hydrogen-bond acceptors (Lipinski definition) is 3. The summed E-state index contributed by atoms with van der Waals surface area (Å²) in [7, 11) is -3.79. The number of nitrogens with zero attached hydrogens (tertiary/aromatic N) is 1. The third-order valence-corrected chi connectivity index (χ3v) is 6.73. The van der Waals surface area contributed by atoms with Crippen LogP contribution in [0.15, 0.2) is 21.5 Å². The van der Waals surface area contributed by atoms with E-state index in [2.05, 4.69) is 15.9 Å². The zero-order valence-corrected chi connectivity index (χ0v) is 15.0. The van der Waals surface area contributed by atoms with E-state index in [1.165, 1.54) is 4.31 Å². The van der Waals surface area contributed by atoms with Gasteiger partial charge >= 0.3 is 0 Å². The van der Waals surface area contributed by atoms with Crippen LogP contribution < -0.4 is 5.73 Å². The number of nitrogens with two attached hydrogens (primary N) is 1. The van der Waals surface area contributed by atoms with Gasteiger partial charge in [-0.15, -0.1) is 12.4 Å². The molecule has 0 radical (unpaired) electrons. The minimum atomic E-state index is -3.79. The fourth-order valence-electron chi connectivity index (χ4n) is 2.42. The zero-order chi connectivity index (χ0) is 14.9. The molecule has 21 heavy (non-hydrogen) atoms. The molecule has 2 N–H and O–H groups in total. The van der Waals surface area contributed by atoms with Crippen LogP contribution in [0.2, 0.25) is 5.02 Å². The standard InChI is InChI=1S/C12H15BrClFN2O2S.ClH/c13-10-5-8(15)6-11(14)12(10)20(18,19)17-4-2-1-3-9(17)7-16;/h5-6,9H,1-4,7,16H2;1H. The number of benzene rings is 1. The maximum Gasteiger partial charge on any atom is 0.245 e. The van der Waals surface area contributed by atoms with Crippen LogP contribution in [0.4, 0.5) is 4.39 Å². The Labute approximate surface area is 143 Å². The molecular formula is C12H16BrCl2FN2O2S. The highest BCUT2D eigenvalue weighted by Gasteiger charge is 2.35. The second kappa shape index (κ2) is 7.57. The van der Waals surface area contributed by atoms with Crippen molar-refractivity contribution in [3.63, 3.8) is 0 Å². The number of rotatable bonds is 3. The molecule has 0 aliphatic carbocycles. The van der Waals surface area contributed by atoms with Crippen molar-refractivity contribution < 1.29 is 12.8 Å². The van der Waals surface area contributed by atoms with E-state index in [-0.39, 0.29) is 39.4 Å². The third-order valence-electron chi connectivity index (χ3n) is 3.37. The summed E-state index contributed by atoms with van der Waals surface area (Å²) in [5.41, 5.74) is 5.66. The average Bonchev–Trinajstić information content (AvgIpc) is 2.37. The molecule has 1 aliphatic rings. The van der Waals surface area contributed by atoms with Crippen LogP contribution in [0.1, 0.15) is 19.3 Å². The van der Waals surface area contributed by atoms with E-state index in [0.717, 1.165) is 31.4 Å². The lowest BCUT2D eigenvalue weighted by molar-refractivity contribution is 0.257. The van der Waals surface area contributed by atoms with E-state index in [4.69, 9.17) is 17.3 Å². The van der Waals surface area contributed by atoms with Gasteiger partial charge in [0.25, 0.3) is 0 Å². The predicted molar refractivity (Wildman–Crippen MR) is 86.9 cm³/mol. The fraction of sp³-hybridized carbons (Fsp3) is 0.500. The van der Waals surface area contributed by atoms with Gasteiger partial charge in [-0.2, -0.15) is 4.31 Å². The highest BCUT2D eigenvalue weighted by molar-refractivity contribution is 9.10. The lowest BCUT2D eigenvalue weighted by atomic mass is 10.1. The predicted octanol–water partition coefficient (Wildman–Crippen LogP) is 3.17. The average molecular weight is 422 g/mol. The van der Waals surface area contributed by atoms with Crippen LogP contribution in [0.25, 0.3) is 0 Å². The molecule has 0 spiro atoms. The molecule has 0 saturated carbocycles. The Balaban J connectivity index is 0.00000220. The molecule has 120 valence electrons. The van der Waals surface area contributed by atoms with Crippen LogP contribution in [0.3, 0.4) is 0 Å². The van der Waals surface area contributed by atoms with E-state index in [0.29, 0.717) is 6.54 Å². The summed E-state index contributed by atoms with van der Waals surface area (Å²) in [4.78, 5) is -0.0964. The normalized spacial score (nSPS) is 20.1. The Morgan fingerprint density at radius 3 is 2.67 bits per heavy atom. The summed E-state index contributed by atoms with van der Waals surface area (Å²) >= 11 is 9.00. The molecule has 0 amide bonds. The summed E-state index contributed by atoms with van der Waals surface area (Å²) in [6.45, 7) is 0.667. The number of halogens is 4. The van der Waals surface area contributed by atoms with Gasteiger partial charge in [0, 0.05) is 23.6 Å². The van der Waals surface area contributed by atoms with Crippen molar-refractivity contribution in [2.45, 2.75) is 30.2 Å². The van der Waals surface area contributed by atoms with Crippen molar-refractivity contribution >= 4 is 50.0 Å². The van der Waals surface area contributed by atoms with E-state index >= 15 is 0 Å². The number of sulfonamides is 1. The van der Waals surface area contributed by atoms with Crippen LogP contribution in [-0.4, -0.2) is 31.9 Å². The molecule has 1 aliphatic heterocycles. The van der Waals surface area contributed by atoms with Crippen molar-refractivity contribution in [2.75, 3.05) is 13.1 Å². The minimum absolute atomic E-state index is 0. The molecule has 1 unspecified atom stereocenters. The fourth-order valence-corrected chi connectivity index (χ4v) is 5.88. The van der Waals surface area contributed by atoms with Gasteiger partial charge in [0.2, 0.25) is 10.0 Å². The van der Waals surface area contributed by atoms with Crippen LogP contribution in [0.5, 0.6) is 0 Å². The quantitative estimate of drug-likeness (QED) is 0.815. The molecule has 0 bridgehead atoms. The van der Waals surface area contributed by atoms with Gasteiger partial charge in [0.15, 0.2) is 0 Å². The lowest BCUT2D eigenvalue weighted by Crippen LogP contribution is -2.47. The van der Waals surface area contributed by atoms with Crippen LogP contribution in [0, 0.1) is 5.82 Å². The molecule has 1 saturated heterocycles. The third kappa shape index (κ3) is 3.89. The first-order valence-electron chi connectivity index (χ1n) is 6.24. The van der Waals surface area contributed by atoms with Crippen LogP contribution >= 0.6 is 39.9 Å². The Hall–Kier alpha value is 0.0800. The lowest BCUT2D eigenvalue weighted by Gasteiger charge is -2.34. The van der Waals surface area contributed by atoms with Crippen molar-refractivity contribution in [1.29, 1.82) is 0 Å². The number of piperidine rings is 1. The number of hydrogen-bond donors (Lipinski definition) is 1. The maximum atomic E-state index is 13.2. The molecule has 1 aromatic rings. The van der Waals surface area contributed by atoms with E-state index < -0.39 is 15.8 Å². The molecular weight excluding hydrogens is 406 g/mol. The topological polar surface area (TPSA) is 63.4 Å². The maximum absolute atomic E-state index is 13.2. The Bertz CT molecular complexity index is 592. The summed E-state index contributed by atoms with van der Waals surface area (Å²) in [6.07, 6.45) is 2.46. The van der Waals surface area contributed by atoms with Gasteiger partial charge in [0.05, 0.1) is 5.02 Å². The summed E-state index contributed by atoms with van der Waals surface area (Å²) < 4.78 is 40.2. The van der Waals surface area contributed by atoms with Gasteiger partial charge in [-0.3, -0.25) is 0 Å². The van der Waals surface area contributed by atoms with Gasteiger partial charge in [-0.25, -0.2) is 12.8 Å². The first-order valence-corrected chi connectivity index (χ1v) is 8.85. The Kier molecular flexibility index (Phi) is 6.89. The van der Waals surface area contributed by atoms with Gasteiger partial charge < -0.3 is 5.73 Å². The molecule has 1 fully saturated rings. The van der Waals surface area contributed by atoms with Crippen molar-refractivity contribution in [1.82, 2.24) is 4.31 Å². The minimum Gasteiger partial charge on any atom is -0.329 e. The summed E-state index contributed by atoms with van der Waals surface area (Å²) in [6, 6.07) is 1.86. The zero-order valence-electron chi connectivity index (χ0n) is 11.1. The van der Waals surface area contributed by atoms with Crippen molar-refractivity contribution in [3.05, 3.63) is 27.4 Å². The molecule has 1 heterocycles. The Morgan fingerprint density at radius 2 is 2.10 bits per heavy atom. The molecule has 1 atom stereocenters. The molecule has 0 aromatic heterocycles. The molecule has 2 rings (SSSR count). The monoisotopic (exact) mass is 420 g/mol. The van der Waals surface area contributed by atoms with Crippen molar-refractivity contribution in [3.8, 4) is 0 Å². The highest BCUT2D eigenvalue weighted by atomic mass is 79.9. The molecule has 9 heteroatoms. The van der Waals surface area contributed by atoms with E-state index in [9.17, 15) is 12.8 Å². The SMILES string of the molecule is Cl.NCC1CCCCN1S(=O)(=O)c1c(Cl)cc(F)cc1Br. The van der Waals surface area contributed by atoms with Gasteiger partial charge in [-0.05, 0) is 40.9 Å². The van der Waals surface area contributed by atoms with Gasteiger partial charge in [0.1, 0.15) is 10.7 Å². The first-order chi connectivity index (χ1) is 9.37. The largest absolute Gasteiger partial charge is 0.329 e. The van der Waals surface area contributed by atoms with E-state index in [1.807, 2.05) is 0 Å². The summed E-state index contributed by atoms with van der Waals surface area (Å²) in [5.74, 6) is -0.588. The second-order valence-electron chi connectivity index (χ2n) is 4.70. The second-order valence-corrected chi connectivity index (χ2v) is 7.79. The van der Waals surface area contributed by atoms with Gasteiger partial charge in [-0.1, -0.05) is 18.0 Å². The smallest absolute Gasteiger partial charge is 0.245 e.